The van der Waals surface area contributed by atoms with Gasteiger partial charge >= 0.3 is 5.97 Å². The highest BCUT2D eigenvalue weighted by Crippen LogP contribution is 2.39. The summed E-state index contributed by atoms with van der Waals surface area (Å²) in [6.07, 6.45) is 3.90. The van der Waals surface area contributed by atoms with Crippen LogP contribution in [-0.4, -0.2) is 24.1 Å². The van der Waals surface area contributed by atoms with Crippen molar-refractivity contribution in [3.63, 3.8) is 0 Å². The number of thioether (sulfide) groups is 1. The van der Waals surface area contributed by atoms with Crippen molar-refractivity contribution in [2.45, 2.75) is 24.5 Å². The third-order valence-electron chi connectivity index (χ3n) is 4.24. The minimum atomic E-state index is -0.341. The Balaban J connectivity index is 0.00000341. The highest BCUT2D eigenvalue weighted by molar-refractivity contribution is 8.01. The third kappa shape index (κ3) is 6.51. The zero-order valence-electron chi connectivity index (χ0n) is 17.5. The molecule has 0 spiro atoms. The monoisotopic (exact) mass is 565 g/mol. The molecule has 3 aromatic rings. The van der Waals surface area contributed by atoms with Gasteiger partial charge in [0.2, 0.25) is 11.5 Å². The molecule has 1 aromatic carbocycles. The van der Waals surface area contributed by atoms with E-state index in [0.717, 1.165) is 21.2 Å². The van der Waals surface area contributed by atoms with Gasteiger partial charge in [-0.3, -0.25) is 9.59 Å². The number of rotatable bonds is 9. The van der Waals surface area contributed by atoms with Crippen LogP contribution in [0.1, 0.15) is 34.6 Å². The van der Waals surface area contributed by atoms with Gasteiger partial charge in [0, 0.05) is 23.4 Å². The van der Waals surface area contributed by atoms with Crippen molar-refractivity contribution in [2.24, 2.45) is 0 Å². The number of pyridine rings is 1. The Morgan fingerprint density at radius 3 is 2.35 bits per heavy atom. The van der Waals surface area contributed by atoms with Crippen molar-refractivity contribution in [2.75, 3.05) is 12.4 Å². The summed E-state index contributed by atoms with van der Waals surface area (Å²) in [4.78, 5) is 26.4. The summed E-state index contributed by atoms with van der Waals surface area (Å²) in [7, 11) is 0. The molecule has 0 bridgehead atoms. The number of ether oxygens (including phenoxy) is 1. The Hall–Kier alpha value is -1.97. The molecule has 0 fully saturated rings. The van der Waals surface area contributed by atoms with Gasteiger partial charge in [0.1, 0.15) is 4.21 Å². The molecular formula is C24H24INO3S2. The van der Waals surface area contributed by atoms with Gasteiger partial charge in [-0.15, -0.1) is 23.1 Å². The van der Waals surface area contributed by atoms with Crippen LogP contribution in [0.5, 0.6) is 0 Å². The molecule has 0 amide bonds. The number of nitrogens with zero attached hydrogens (tertiary/aromatic N) is 1. The van der Waals surface area contributed by atoms with Crippen LogP contribution in [0.4, 0.5) is 0 Å². The molecule has 162 valence electrons. The summed E-state index contributed by atoms with van der Waals surface area (Å²) in [5.74, 6) is 0.310. The number of ketones is 1. The van der Waals surface area contributed by atoms with Crippen molar-refractivity contribution in [3.8, 4) is 5.69 Å². The number of hydrogen-bond acceptors (Lipinski definition) is 5. The van der Waals surface area contributed by atoms with Crippen LogP contribution in [0.3, 0.4) is 0 Å². The van der Waals surface area contributed by atoms with E-state index < -0.39 is 0 Å². The smallest absolute Gasteiger partial charge is 0.310 e. The van der Waals surface area contributed by atoms with E-state index in [1.165, 1.54) is 11.3 Å². The van der Waals surface area contributed by atoms with Crippen molar-refractivity contribution in [1.82, 2.24) is 0 Å². The van der Waals surface area contributed by atoms with Crippen LogP contribution in [0, 0.1) is 0 Å². The maximum absolute atomic E-state index is 13.4. The van der Waals surface area contributed by atoms with Gasteiger partial charge < -0.3 is 28.7 Å². The van der Waals surface area contributed by atoms with E-state index in [4.69, 9.17) is 4.74 Å². The predicted molar refractivity (Wildman–Crippen MR) is 122 cm³/mol. The second-order valence-corrected chi connectivity index (χ2v) is 9.02. The quantitative estimate of drug-likeness (QED) is 0.0996. The summed E-state index contributed by atoms with van der Waals surface area (Å²) in [5, 5.41) is 0. The van der Waals surface area contributed by atoms with Crippen molar-refractivity contribution in [3.05, 3.63) is 89.1 Å². The van der Waals surface area contributed by atoms with E-state index in [0.29, 0.717) is 22.6 Å². The highest BCUT2D eigenvalue weighted by Gasteiger charge is 2.31. The molecule has 0 aliphatic rings. The summed E-state index contributed by atoms with van der Waals surface area (Å²) in [6.45, 7) is 8.05. The number of aromatic nitrogens is 1. The van der Waals surface area contributed by atoms with Crippen LogP contribution in [0.25, 0.3) is 5.69 Å². The number of halogens is 1. The Labute approximate surface area is 208 Å². The predicted octanol–water partition coefficient (Wildman–Crippen LogP) is 2.03. The molecule has 0 saturated heterocycles. The van der Waals surface area contributed by atoms with Gasteiger partial charge in [-0.25, -0.2) is 0 Å². The van der Waals surface area contributed by atoms with Crippen molar-refractivity contribution >= 4 is 34.9 Å². The first kappa shape index (κ1) is 25.3. The number of carbonyl (C=O) groups excluding carboxylic acids is 2. The van der Waals surface area contributed by atoms with Crippen molar-refractivity contribution in [1.29, 1.82) is 0 Å². The second-order valence-electron chi connectivity index (χ2n) is 6.75. The van der Waals surface area contributed by atoms with Gasteiger partial charge in [0.25, 0.3) is 0 Å². The molecule has 2 aromatic heterocycles. The molecule has 7 heteroatoms. The molecule has 0 aliphatic carbocycles. The van der Waals surface area contributed by atoms with E-state index in [1.54, 1.807) is 30.8 Å². The maximum atomic E-state index is 13.4. The molecule has 0 radical (unpaired) electrons. The van der Waals surface area contributed by atoms with E-state index in [9.17, 15) is 9.59 Å². The Morgan fingerprint density at radius 2 is 1.74 bits per heavy atom. The first-order chi connectivity index (χ1) is 14.5. The van der Waals surface area contributed by atoms with Crippen LogP contribution in [-0.2, 0) is 16.0 Å². The average molecular weight is 565 g/mol. The van der Waals surface area contributed by atoms with Gasteiger partial charge in [-0.1, -0.05) is 48.6 Å². The average Bonchev–Trinajstić information content (AvgIpc) is 3.11. The zero-order chi connectivity index (χ0) is 21.5. The number of carbonyl (C=O) groups is 2. The number of esters is 1. The molecule has 0 aliphatic heterocycles. The Morgan fingerprint density at radius 1 is 1.10 bits per heavy atom. The van der Waals surface area contributed by atoms with E-state index >= 15 is 0 Å². The summed E-state index contributed by atoms with van der Waals surface area (Å²) in [5.41, 5.74) is 3.21. The molecule has 0 unspecified atom stereocenters. The molecule has 0 atom stereocenters. The topological polar surface area (TPSA) is 47.3 Å². The number of thiophene rings is 1. The highest BCUT2D eigenvalue weighted by atomic mass is 127. The lowest BCUT2D eigenvalue weighted by atomic mass is 10.0. The molecule has 0 N–H and O–H groups in total. The van der Waals surface area contributed by atoms with Gasteiger partial charge in [0.05, 0.1) is 23.5 Å². The lowest BCUT2D eigenvalue weighted by Gasteiger charge is -2.05. The minimum absolute atomic E-state index is 0. The SMILES string of the molecule is C=C(C)CSc1sc(C(=O)c2ccccc2)c(CC(=O)OCC)c1-[n+]1ccccc1.[I-]. The van der Waals surface area contributed by atoms with Crippen molar-refractivity contribution < 1.29 is 42.9 Å². The largest absolute Gasteiger partial charge is 1.00 e. The molecule has 0 saturated carbocycles. The molecule has 4 nitrogen and oxygen atoms in total. The van der Waals surface area contributed by atoms with Crippen LogP contribution < -0.4 is 28.5 Å². The standard InChI is InChI=1S/C24H24NO3S2.HI/c1-4-28-20(26)15-19-21(25-13-9-6-10-14-25)24(29-16-17(2)3)30-23(19)22(27)18-11-7-5-8-12-18;/h5-14H,2,4,15-16H2,1,3H3;1H/q+1;/p-1. The van der Waals surface area contributed by atoms with E-state index in [1.807, 2.05) is 60.3 Å². The molecular weight excluding hydrogens is 541 g/mol. The summed E-state index contributed by atoms with van der Waals surface area (Å²) in [6, 6.07) is 15.0. The fraction of sp³-hybridized carbons (Fsp3) is 0.208. The fourth-order valence-corrected chi connectivity index (χ4v) is 5.37. The third-order valence-corrected chi connectivity index (χ3v) is 6.95. The Bertz CT molecular complexity index is 1050. The first-order valence-electron chi connectivity index (χ1n) is 9.66. The summed E-state index contributed by atoms with van der Waals surface area (Å²) < 4.78 is 8.15. The van der Waals surface area contributed by atoms with Gasteiger partial charge in [-0.05, 0) is 13.8 Å². The first-order valence-corrected chi connectivity index (χ1v) is 11.5. The Kier molecular flexibility index (Phi) is 9.93. The van der Waals surface area contributed by atoms with Gasteiger partial charge in [-0.2, -0.15) is 4.57 Å². The van der Waals surface area contributed by atoms with Gasteiger partial charge in [0.15, 0.2) is 12.4 Å². The summed E-state index contributed by atoms with van der Waals surface area (Å²) >= 11 is 3.06. The van der Waals surface area contributed by atoms with E-state index in [2.05, 4.69) is 6.58 Å². The number of benzene rings is 1. The molecule has 3 rings (SSSR count). The fourth-order valence-electron chi connectivity index (χ4n) is 2.95. The normalized spacial score (nSPS) is 10.3. The lowest BCUT2D eigenvalue weighted by Crippen LogP contribution is -3.00. The molecule has 31 heavy (non-hydrogen) atoms. The van der Waals surface area contributed by atoms with E-state index in [-0.39, 0.29) is 42.2 Å². The lowest BCUT2D eigenvalue weighted by molar-refractivity contribution is -0.598. The maximum Gasteiger partial charge on any atom is 0.310 e. The van der Waals surface area contributed by atoms with Crippen LogP contribution >= 0.6 is 23.1 Å². The minimum Gasteiger partial charge on any atom is -1.00 e. The number of hydrogen-bond donors (Lipinski definition) is 0. The molecule has 2 heterocycles. The second kappa shape index (κ2) is 12.2. The van der Waals surface area contributed by atoms with Crippen LogP contribution in [0.2, 0.25) is 0 Å². The van der Waals surface area contributed by atoms with Crippen LogP contribution in [0.15, 0.2) is 77.3 Å². The zero-order valence-corrected chi connectivity index (χ0v) is 21.3.